The van der Waals surface area contributed by atoms with E-state index in [2.05, 4.69) is 17.0 Å². The summed E-state index contributed by atoms with van der Waals surface area (Å²) in [6, 6.07) is 22.9. The molecule has 4 rings (SSSR count). The third kappa shape index (κ3) is 6.01. The molecule has 3 aromatic rings. The predicted octanol–water partition coefficient (Wildman–Crippen LogP) is 5.53. The maximum absolute atomic E-state index is 12.9. The van der Waals surface area contributed by atoms with Crippen LogP contribution in [0.4, 0.5) is 0 Å². The molecule has 0 bridgehead atoms. The van der Waals surface area contributed by atoms with Gasteiger partial charge in [-0.15, -0.1) is 0 Å². The van der Waals surface area contributed by atoms with Gasteiger partial charge in [-0.25, -0.2) is 0 Å². The largest absolute Gasteiger partial charge is 0.489 e. The van der Waals surface area contributed by atoms with Gasteiger partial charge in [0.2, 0.25) is 0 Å². The maximum Gasteiger partial charge on any atom is 0.253 e. The zero-order chi connectivity index (χ0) is 21.6. The van der Waals surface area contributed by atoms with Crippen LogP contribution in [0.3, 0.4) is 0 Å². The van der Waals surface area contributed by atoms with E-state index in [9.17, 15) is 4.79 Å². The van der Waals surface area contributed by atoms with Gasteiger partial charge in [-0.1, -0.05) is 53.5 Å². The fourth-order valence-electron chi connectivity index (χ4n) is 3.61. The Morgan fingerprint density at radius 1 is 0.806 bits per heavy atom. The standard InChI is InChI=1S/C25H24Cl2N2O2/c26-22-10-6-19(7-11-22)17-28-12-14-29(15-13-28)25(30)21-8-4-20(5-9-21)18-31-24-3-1-2-23(27)16-24/h1-11,16H,12-15,17-18H2. The average molecular weight is 455 g/mol. The second kappa shape index (κ2) is 10.2. The Hall–Kier alpha value is -2.53. The van der Waals surface area contributed by atoms with Gasteiger partial charge in [-0.05, 0) is 53.6 Å². The SMILES string of the molecule is O=C(c1ccc(COc2cccc(Cl)c2)cc1)N1CCN(Cc2ccc(Cl)cc2)CC1. The molecule has 6 heteroatoms. The Kier molecular flexibility index (Phi) is 7.13. The molecular formula is C25H24Cl2N2O2. The topological polar surface area (TPSA) is 32.8 Å². The monoisotopic (exact) mass is 454 g/mol. The first kappa shape index (κ1) is 21.7. The summed E-state index contributed by atoms with van der Waals surface area (Å²) < 4.78 is 5.76. The van der Waals surface area contributed by atoms with Crippen molar-refractivity contribution in [1.82, 2.24) is 9.80 Å². The maximum atomic E-state index is 12.9. The number of piperazine rings is 1. The molecule has 0 atom stereocenters. The van der Waals surface area contributed by atoms with Crippen molar-refractivity contribution >= 4 is 29.1 Å². The number of hydrogen-bond donors (Lipinski definition) is 0. The number of amides is 1. The molecule has 0 spiro atoms. The third-order valence-electron chi connectivity index (χ3n) is 5.38. The number of halogens is 2. The van der Waals surface area contributed by atoms with Crippen LogP contribution in [-0.4, -0.2) is 41.9 Å². The first-order chi connectivity index (χ1) is 15.1. The molecule has 0 aliphatic carbocycles. The highest BCUT2D eigenvalue weighted by molar-refractivity contribution is 6.30. The molecule has 1 aliphatic rings. The molecule has 31 heavy (non-hydrogen) atoms. The summed E-state index contributed by atoms with van der Waals surface area (Å²) in [7, 11) is 0. The summed E-state index contributed by atoms with van der Waals surface area (Å²) >= 11 is 11.9. The van der Waals surface area contributed by atoms with E-state index in [1.165, 1.54) is 5.56 Å². The molecule has 4 nitrogen and oxygen atoms in total. The number of carbonyl (C=O) groups excluding carboxylic acids is 1. The smallest absolute Gasteiger partial charge is 0.253 e. The average Bonchev–Trinajstić information content (AvgIpc) is 2.80. The van der Waals surface area contributed by atoms with Crippen LogP contribution >= 0.6 is 23.2 Å². The fourth-order valence-corrected chi connectivity index (χ4v) is 3.91. The zero-order valence-corrected chi connectivity index (χ0v) is 18.6. The lowest BCUT2D eigenvalue weighted by Gasteiger charge is -2.34. The highest BCUT2D eigenvalue weighted by Crippen LogP contribution is 2.19. The van der Waals surface area contributed by atoms with Gasteiger partial charge in [0, 0.05) is 48.3 Å². The van der Waals surface area contributed by atoms with E-state index in [0.29, 0.717) is 17.2 Å². The van der Waals surface area contributed by atoms with E-state index in [-0.39, 0.29) is 5.91 Å². The van der Waals surface area contributed by atoms with Crippen molar-refractivity contribution in [1.29, 1.82) is 0 Å². The minimum atomic E-state index is 0.0773. The van der Waals surface area contributed by atoms with E-state index in [4.69, 9.17) is 27.9 Å². The minimum absolute atomic E-state index is 0.0773. The number of benzene rings is 3. The minimum Gasteiger partial charge on any atom is -0.489 e. The van der Waals surface area contributed by atoms with Crippen LogP contribution in [0.1, 0.15) is 21.5 Å². The summed E-state index contributed by atoms with van der Waals surface area (Å²) in [4.78, 5) is 17.2. The van der Waals surface area contributed by atoms with Crippen LogP contribution in [0.2, 0.25) is 10.0 Å². The van der Waals surface area contributed by atoms with Crippen LogP contribution in [0.5, 0.6) is 5.75 Å². The Morgan fingerprint density at radius 3 is 2.16 bits per heavy atom. The Morgan fingerprint density at radius 2 is 1.48 bits per heavy atom. The van der Waals surface area contributed by atoms with Crippen LogP contribution in [0, 0.1) is 0 Å². The lowest BCUT2D eigenvalue weighted by atomic mass is 10.1. The molecule has 0 unspecified atom stereocenters. The molecule has 0 radical (unpaired) electrons. The van der Waals surface area contributed by atoms with Gasteiger partial charge >= 0.3 is 0 Å². The quantitative estimate of drug-likeness (QED) is 0.490. The van der Waals surface area contributed by atoms with Crippen LogP contribution < -0.4 is 4.74 Å². The Bertz CT molecular complexity index is 1010. The summed E-state index contributed by atoms with van der Waals surface area (Å²) in [5.74, 6) is 0.803. The number of hydrogen-bond acceptors (Lipinski definition) is 3. The first-order valence-electron chi connectivity index (χ1n) is 10.3. The molecule has 160 valence electrons. The van der Waals surface area contributed by atoms with E-state index in [1.54, 1.807) is 6.07 Å². The molecule has 1 fully saturated rings. The van der Waals surface area contributed by atoms with Gasteiger partial charge < -0.3 is 9.64 Å². The van der Waals surface area contributed by atoms with Crippen molar-refractivity contribution in [3.63, 3.8) is 0 Å². The summed E-state index contributed by atoms with van der Waals surface area (Å²) in [5.41, 5.74) is 2.95. The van der Waals surface area contributed by atoms with Crippen molar-refractivity contribution in [3.05, 3.63) is 99.5 Å². The molecule has 3 aromatic carbocycles. The number of ether oxygens (including phenoxy) is 1. The van der Waals surface area contributed by atoms with Gasteiger partial charge in [-0.2, -0.15) is 0 Å². The fraction of sp³-hybridized carbons (Fsp3) is 0.240. The summed E-state index contributed by atoms with van der Waals surface area (Å²) in [6.45, 7) is 4.48. The van der Waals surface area contributed by atoms with Crippen molar-refractivity contribution in [2.45, 2.75) is 13.2 Å². The highest BCUT2D eigenvalue weighted by atomic mass is 35.5. The lowest BCUT2D eigenvalue weighted by Crippen LogP contribution is -2.48. The molecule has 0 aromatic heterocycles. The first-order valence-corrected chi connectivity index (χ1v) is 11.1. The number of nitrogens with zero attached hydrogens (tertiary/aromatic N) is 2. The molecule has 0 saturated carbocycles. The summed E-state index contributed by atoms with van der Waals surface area (Å²) in [6.07, 6.45) is 0. The molecule has 1 heterocycles. The van der Waals surface area contributed by atoms with Crippen LogP contribution in [-0.2, 0) is 13.2 Å². The van der Waals surface area contributed by atoms with Crippen LogP contribution in [0.15, 0.2) is 72.8 Å². The van der Waals surface area contributed by atoms with Gasteiger partial charge in [0.15, 0.2) is 0 Å². The third-order valence-corrected chi connectivity index (χ3v) is 5.87. The van der Waals surface area contributed by atoms with Crippen molar-refractivity contribution in [2.75, 3.05) is 26.2 Å². The Balaban J connectivity index is 1.27. The molecule has 1 amide bonds. The normalized spacial score (nSPS) is 14.5. The lowest BCUT2D eigenvalue weighted by molar-refractivity contribution is 0.0628. The number of rotatable bonds is 6. The zero-order valence-electron chi connectivity index (χ0n) is 17.1. The van der Waals surface area contributed by atoms with Crippen molar-refractivity contribution in [2.24, 2.45) is 0 Å². The van der Waals surface area contributed by atoms with Crippen molar-refractivity contribution in [3.8, 4) is 5.75 Å². The van der Waals surface area contributed by atoms with E-state index >= 15 is 0 Å². The molecule has 1 saturated heterocycles. The predicted molar refractivity (Wildman–Crippen MR) is 125 cm³/mol. The van der Waals surface area contributed by atoms with Gasteiger partial charge in [0.1, 0.15) is 12.4 Å². The Labute approximate surface area is 192 Å². The summed E-state index contributed by atoms with van der Waals surface area (Å²) in [5, 5.41) is 1.40. The highest BCUT2D eigenvalue weighted by Gasteiger charge is 2.22. The van der Waals surface area contributed by atoms with E-state index < -0.39 is 0 Å². The van der Waals surface area contributed by atoms with Gasteiger partial charge in [0.05, 0.1) is 0 Å². The van der Waals surface area contributed by atoms with Gasteiger partial charge in [0.25, 0.3) is 5.91 Å². The number of carbonyl (C=O) groups is 1. The van der Waals surface area contributed by atoms with Crippen LogP contribution in [0.25, 0.3) is 0 Å². The molecular weight excluding hydrogens is 431 g/mol. The molecule has 0 N–H and O–H groups in total. The van der Waals surface area contributed by atoms with Gasteiger partial charge in [-0.3, -0.25) is 9.69 Å². The molecule has 1 aliphatic heterocycles. The second-order valence-corrected chi connectivity index (χ2v) is 8.51. The van der Waals surface area contributed by atoms with E-state index in [1.807, 2.05) is 59.5 Å². The second-order valence-electron chi connectivity index (χ2n) is 7.64. The van der Waals surface area contributed by atoms with E-state index in [0.717, 1.165) is 49.1 Å². The van der Waals surface area contributed by atoms with Crippen molar-refractivity contribution < 1.29 is 9.53 Å².